The van der Waals surface area contributed by atoms with Crippen molar-refractivity contribution in [1.29, 1.82) is 0 Å². The molecule has 0 bridgehead atoms. The summed E-state index contributed by atoms with van der Waals surface area (Å²) in [6.07, 6.45) is 1.99. The van der Waals surface area contributed by atoms with Crippen molar-refractivity contribution in [2.45, 2.75) is 32.5 Å². The first-order valence-corrected chi connectivity index (χ1v) is 7.21. The zero-order valence-electron chi connectivity index (χ0n) is 12.0. The third kappa shape index (κ3) is 3.00. The lowest BCUT2D eigenvalue weighted by atomic mass is 10.1. The number of fused-ring (bicyclic) bond motifs is 1. The van der Waals surface area contributed by atoms with Crippen LogP contribution in [0.15, 0.2) is 33.5 Å². The molecule has 1 N–H and O–H groups in total. The molecule has 0 spiro atoms. The Morgan fingerprint density at radius 3 is 3.05 bits per heavy atom. The number of oxazole rings is 1. The fourth-order valence-corrected chi connectivity index (χ4v) is 2.94. The maximum atomic E-state index is 12.0. The van der Waals surface area contributed by atoms with Crippen molar-refractivity contribution in [3.05, 3.63) is 34.8 Å². The van der Waals surface area contributed by atoms with Crippen LogP contribution in [-0.2, 0) is 11.5 Å². The van der Waals surface area contributed by atoms with E-state index in [1.165, 1.54) is 6.92 Å². The van der Waals surface area contributed by atoms with Crippen LogP contribution in [0.2, 0.25) is 0 Å². The molecular formula is C15H19N3O3. The summed E-state index contributed by atoms with van der Waals surface area (Å²) in [7, 11) is 0. The topological polar surface area (TPSA) is 67.5 Å². The molecule has 0 radical (unpaired) electrons. The molecule has 3 rings (SSSR count). The number of nitrogens with one attached hydrogen (secondary N) is 1. The third-order valence-electron chi connectivity index (χ3n) is 3.83. The number of piperidine rings is 1. The molecule has 6 heteroatoms. The first-order valence-electron chi connectivity index (χ1n) is 7.21. The summed E-state index contributed by atoms with van der Waals surface area (Å²) in [5, 5.41) is 2.95. The monoisotopic (exact) mass is 289 g/mol. The first-order chi connectivity index (χ1) is 10.1. The highest BCUT2D eigenvalue weighted by Crippen LogP contribution is 2.15. The average Bonchev–Trinajstić information content (AvgIpc) is 2.75. The van der Waals surface area contributed by atoms with Crippen LogP contribution in [-0.4, -0.2) is 34.5 Å². The van der Waals surface area contributed by atoms with Crippen LogP contribution in [0.4, 0.5) is 0 Å². The number of carbonyl (C=O) groups excluding carboxylic acids is 1. The maximum absolute atomic E-state index is 12.0. The summed E-state index contributed by atoms with van der Waals surface area (Å²) in [5.74, 6) is -0.342. The van der Waals surface area contributed by atoms with Crippen molar-refractivity contribution < 1.29 is 9.21 Å². The number of para-hydroxylation sites is 2. The SMILES string of the molecule is CC(=O)N[C@@H]1CCCN(Cn2c(=O)oc3ccccc32)C1. The lowest BCUT2D eigenvalue weighted by molar-refractivity contribution is -0.120. The van der Waals surface area contributed by atoms with Gasteiger partial charge in [-0.15, -0.1) is 0 Å². The molecule has 2 aromatic rings. The lowest BCUT2D eigenvalue weighted by Gasteiger charge is -2.32. The summed E-state index contributed by atoms with van der Waals surface area (Å²) >= 11 is 0. The molecule has 1 atom stereocenters. The van der Waals surface area contributed by atoms with Crippen molar-refractivity contribution in [2.24, 2.45) is 0 Å². The van der Waals surface area contributed by atoms with Gasteiger partial charge in [0.25, 0.3) is 0 Å². The summed E-state index contributed by atoms with van der Waals surface area (Å²) < 4.78 is 6.89. The second kappa shape index (κ2) is 5.73. The standard InChI is InChI=1S/C15H19N3O3/c1-11(19)16-12-5-4-8-17(9-12)10-18-13-6-2-3-7-14(13)21-15(18)20/h2-3,6-7,12H,4-5,8-10H2,1H3,(H,16,19)/t12-/m1/s1. The van der Waals surface area contributed by atoms with Gasteiger partial charge in [0.1, 0.15) is 0 Å². The van der Waals surface area contributed by atoms with E-state index in [2.05, 4.69) is 10.2 Å². The molecule has 1 aromatic carbocycles. The van der Waals surface area contributed by atoms with Gasteiger partial charge in [0, 0.05) is 19.5 Å². The Kier molecular flexibility index (Phi) is 3.79. The normalized spacial score (nSPS) is 19.8. The first kappa shape index (κ1) is 13.9. The van der Waals surface area contributed by atoms with Crippen LogP contribution in [0.25, 0.3) is 11.1 Å². The molecule has 1 aliphatic heterocycles. The smallest absolute Gasteiger partial charge is 0.408 e. The van der Waals surface area contributed by atoms with E-state index in [0.29, 0.717) is 12.3 Å². The second-order valence-electron chi connectivity index (χ2n) is 5.52. The molecule has 1 amide bonds. The molecule has 112 valence electrons. The summed E-state index contributed by atoms with van der Waals surface area (Å²) in [6, 6.07) is 7.58. The summed E-state index contributed by atoms with van der Waals surface area (Å²) in [4.78, 5) is 25.3. The minimum atomic E-state index is -0.335. The predicted octanol–water partition coefficient (Wildman–Crippen LogP) is 1.15. The Balaban J connectivity index is 1.77. The largest absolute Gasteiger partial charge is 0.421 e. The lowest BCUT2D eigenvalue weighted by Crippen LogP contribution is -2.48. The van der Waals surface area contributed by atoms with Gasteiger partial charge in [0.05, 0.1) is 12.2 Å². The fraction of sp³-hybridized carbons (Fsp3) is 0.467. The van der Waals surface area contributed by atoms with E-state index in [-0.39, 0.29) is 17.7 Å². The molecule has 1 aromatic heterocycles. The third-order valence-corrected chi connectivity index (χ3v) is 3.83. The van der Waals surface area contributed by atoms with E-state index in [9.17, 15) is 9.59 Å². The quantitative estimate of drug-likeness (QED) is 0.920. The van der Waals surface area contributed by atoms with E-state index in [0.717, 1.165) is 31.4 Å². The molecule has 2 heterocycles. The second-order valence-corrected chi connectivity index (χ2v) is 5.52. The average molecular weight is 289 g/mol. The Bertz CT molecular complexity index is 703. The van der Waals surface area contributed by atoms with Crippen LogP contribution in [0.3, 0.4) is 0 Å². The Hall–Kier alpha value is -2.08. The molecule has 0 aliphatic carbocycles. The van der Waals surface area contributed by atoms with Gasteiger partial charge in [-0.2, -0.15) is 0 Å². The van der Waals surface area contributed by atoms with Gasteiger partial charge in [-0.25, -0.2) is 4.79 Å². The summed E-state index contributed by atoms with van der Waals surface area (Å²) in [5.41, 5.74) is 1.42. The highest BCUT2D eigenvalue weighted by atomic mass is 16.4. The Labute approximate surface area is 122 Å². The van der Waals surface area contributed by atoms with Crippen LogP contribution in [0, 0.1) is 0 Å². The van der Waals surface area contributed by atoms with Crippen molar-refractivity contribution >= 4 is 17.0 Å². The van der Waals surface area contributed by atoms with E-state index < -0.39 is 0 Å². The summed E-state index contributed by atoms with van der Waals surface area (Å²) in [6.45, 7) is 3.70. The number of hydrogen-bond acceptors (Lipinski definition) is 4. The van der Waals surface area contributed by atoms with Crippen molar-refractivity contribution in [1.82, 2.24) is 14.8 Å². The van der Waals surface area contributed by atoms with Crippen molar-refractivity contribution in [2.75, 3.05) is 13.1 Å². The van der Waals surface area contributed by atoms with Crippen molar-refractivity contribution in [3.63, 3.8) is 0 Å². The van der Waals surface area contributed by atoms with Gasteiger partial charge >= 0.3 is 5.76 Å². The minimum absolute atomic E-state index is 0.00669. The van der Waals surface area contributed by atoms with Gasteiger partial charge in [-0.1, -0.05) is 12.1 Å². The number of rotatable bonds is 3. The Morgan fingerprint density at radius 2 is 2.24 bits per heavy atom. The molecular weight excluding hydrogens is 270 g/mol. The van der Waals surface area contributed by atoms with Crippen LogP contribution < -0.4 is 11.1 Å². The van der Waals surface area contributed by atoms with Crippen LogP contribution >= 0.6 is 0 Å². The number of likely N-dealkylation sites (tertiary alicyclic amines) is 1. The number of amides is 1. The fourth-order valence-electron chi connectivity index (χ4n) is 2.94. The number of benzene rings is 1. The van der Waals surface area contributed by atoms with Gasteiger partial charge in [0.2, 0.25) is 5.91 Å². The van der Waals surface area contributed by atoms with Gasteiger partial charge in [-0.3, -0.25) is 14.3 Å². The number of carbonyl (C=O) groups is 1. The number of aromatic nitrogens is 1. The van der Waals surface area contributed by atoms with E-state index in [1.807, 2.05) is 18.2 Å². The maximum Gasteiger partial charge on any atom is 0.421 e. The molecule has 0 unspecified atom stereocenters. The van der Waals surface area contributed by atoms with Crippen LogP contribution in [0.5, 0.6) is 0 Å². The molecule has 21 heavy (non-hydrogen) atoms. The van der Waals surface area contributed by atoms with Crippen molar-refractivity contribution in [3.8, 4) is 0 Å². The van der Waals surface area contributed by atoms with E-state index in [1.54, 1.807) is 10.6 Å². The van der Waals surface area contributed by atoms with E-state index in [4.69, 9.17) is 4.42 Å². The Morgan fingerprint density at radius 1 is 1.43 bits per heavy atom. The minimum Gasteiger partial charge on any atom is -0.408 e. The van der Waals surface area contributed by atoms with E-state index >= 15 is 0 Å². The van der Waals surface area contributed by atoms with Gasteiger partial charge < -0.3 is 9.73 Å². The van der Waals surface area contributed by atoms with Gasteiger partial charge in [-0.05, 0) is 31.5 Å². The highest BCUT2D eigenvalue weighted by molar-refractivity contribution is 5.73. The predicted molar refractivity (Wildman–Crippen MR) is 78.9 cm³/mol. The zero-order valence-corrected chi connectivity index (χ0v) is 12.0. The molecule has 6 nitrogen and oxygen atoms in total. The highest BCUT2D eigenvalue weighted by Gasteiger charge is 2.21. The molecule has 1 aliphatic rings. The zero-order chi connectivity index (χ0) is 14.8. The molecule has 1 saturated heterocycles. The molecule has 1 fully saturated rings. The van der Waals surface area contributed by atoms with Gasteiger partial charge in [0.15, 0.2) is 5.58 Å². The van der Waals surface area contributed by atoms with Crippen LogP contribution in [0.1, 0.15) is 19.8 Å². The molecule has 0 saturated carbocycles. The number of hydrogen-bond donors (Lipinski definition) is 1. The number of nitrogens with zero attached hydrogens (tertiary/aromatic N) is 2.